The summed E-state index contributed by atoms with van der Waals surface area (Å²) in [5.74, 6) is 1.05. The van der Waals surface area contributed by atoms with Crippen LogP contribution < -0.4 is 15.4 Å². The van der Waals surface area contributed by atoms with Gasteiger partial charge in [0.25, 0.3) is 0 Å². The van der Waals surface area contributed by atoms with E-state index in [4.69, 9.17) is 4.74 Å². The van der Waals surface area contributed by atoms with Crippen molar-refractivity contribution in [3.05, 3.63) is 120 Å². The Morgan fingerprint density at radius 3 is 2.44 bits per heavy atom. The maximum absolute atomic E-state index is 13.3. The van der Waals surface area contributed by atoms with Crippen molar-refractivity contribution in [2.45, 2.75) is 32.3 Å². The summed E-state index contributed by atoms with van der Waals surface area (Å²) in [5, 5.41) is 20.8. The minimum atomic E-state index is -0.357. The molecule has 0 radical (unpaired) electrons. The third-order valence-electron chi connectivity index (χ3n) is 7.11. The van der Waals surface area contributed by atoms with E-state index in [0.717, 1.165) is 39.8 Å². The number of aromatic amines is 1. The number of urea groups is 1. The Morgan fingerprint density at radius 2 is 1.68 bits per heavy atom. The van der Waals surface area contributed by atoms with Crippen molar-refractivity contribution in [3.63, 3.8) is 0 Å². The molecule has 0 fully saturated rings. The van der Waals surface area contributed by atoms with Gasteiger partial charge in [0.1, 0.15) is 5.75 Å². The normalized spacial score (nSPS) is 16.9. The number of rotatable bonds is 5. The molecular weight excluding hydrogens is 512 g/mol. The number of aryl methyl sites for hydroxylation is 1. The fraction of sp³-hybridized carbons (Fsp3) is 0.152. The van der Waals surface area contributed by atoms with Crippen LogP contribution in [0, 0.1) is 6.92 Å². The van der Waals surface area contributed by atoms with Crippen LogP contribution in [0.25, 0.3) is 22.5 Å². The van der Waals surface area contributed by atoms with Crippen molar-refractivity contribution in [1.29, 1.82) is 0 Å². The summed E-state index contributed by atoms with van der Waals surface area (Å²) in [7, 11) is 0. The Hall–Kier alpha value is -5.24. The van der Waals surface area contributed by atoms with Gasteiger partial charge in [-0.05, 0) is 60.0 Å². The van der Waals surface area contributed by atoms with Gasteiger partial charge in [-0.3, -0.25) is 0 Å². The Kier molecular flexibility index (Phi) is 7.28. The van der Waals surface area contributed by atoms with Crippen LogP contribution in [0.4, 0.5) is 16.2 Å². The number of tetrazole rings is 1. The van der Waals surface area contributed by atoms with Gasteiger partial charge in [0.2, 0.25) is 5.82 Å². The number of carbonyl (C=O) groups excluding carboxylic acids is 1. The maximum atomic E-state index is 13.3. The van der Waals surface area contributed by atoms with Gasteiger partial charge in [0.15, 0.2) is 0 Å². The van der Waals surface area contributed by atoms with Crippen LogP contribution in [-0.2, 0) is 0 Å². The van der Waals surface area contributed by atoms with E-state index in [1.54, 1.807) is 0 Å². The van der Waals surface area contributed by atoms with Crippen LogP contribution >= 0.6 is 0 Å². The summed E-state index contributed by atoms with van der Waals surface area (Å²) >= 11 is 0. The van der Waals surface area contributed by atoms with Gasteiger partial charge in [-0.1, -0.05) is 84.4 Å². The molecular formula is C33H30N6O2. The minimum Gasteiger partial charge on any atom is -0.488 e. The van der Waals surface area contributed by atoms with Crippen LogP contribution in [0.2, 0.25) is 0 Å². The highest BCUT2D eigenvalue weighted by Gasteiger charge is 2.25. The van der Waals surface area contributed by atoms with Crippen molar-refractivity contribution in [2.24, 2.45) is 0 Å². The topological polar surface area (TPSA) is 105 Å². The van der Waals surface area contributed by atoms with E-state index >= 15 is 0 Å². The first-order valence-corrected chi connectivity index (χ1v) is 13.6. The van der Waals surface area contributed by atoms with E-state index in [9.17, 15) is 4.79 Å². The second-order valence-electron chi connectivity index (χ2n) is 10.1. The number of nitrogens with one attached hydrogen (secondary N) is 3. The fourth-order valence-corrected chi connectivity index (χ4v) is 5.10. The van der Waals surface area contributed by atoms with E-state index in [1.165, 1.54) is 0 Å². The highest BCUT2D eigenvalue weighted by molar-refractivity contribution is 6.01. The van der Waals surface area contributed by atoms with E-state index in [-0.39, 0.29) is 18.1 Å². The molecule has 2 amide bonds. The van der Waals surface area contributed by atoms with Crippen molar-refractivity contribution >= 4 is 17.4 Å². The number of fused-ring (bicyclic) bond motifs is 1. The van der Waals surface area contributed by atoms with E-state index in [2.05, 4.69) is 61.6 Å². The third kappa shape index (κ3) is 5.72. The summed E-state index contributed by atoms with van der Waals surface area (Å²) in [6.45, 7) is 4.04. The molecule has 8 heteroatoms. The number of carbonyl (C=O) groups is 1. The van der Waals surface area contributed by atoms with E-state index in [1.807, 2.05) is 86.6 Å². The van der Waals surface area contributed by atoms with Gasteiger partial charge in [-0.2, -0.15) is 5.21 Å². The second kappa shape index (κ2) is 11.5. The van der Waals surface area contributed by atoms with Crippen molar-refractivity contribution in [1.82, 2.24) is 20.6 Å². The maximum Gasteiger partial charge on any atom is 0.323 e. The van der Waals surface area contributed by atoms with Crippen LogP contribution in [-0.4, -0.2) is 32.8 Å². The molecule has 3 N–H and O–H groups in total. The molecule has 0 saturated carbocycles. The molecule has 5 aromatic rings. The average Bonchev–Trinajstić information content (AvgIpc) is 3.52. The molecule has 204 valence electrons. The zero-order valence-corrected chi connectivity index (χ0v) is 22.8. The van der Waals surface area contributed by atoms with Crippen LogP contribution in [0.1, 0.15) is 36.0 Å². The lowest BCUT2D eigenvalue weighted by Gasteiger charge is -2.27. The number of anilines is 2. The van der Waals surface area contributed by atoms with Crippen molar-refractivity contribution in [2.75, 3.05) is 10.6 Å². The quantitative estimate of drug-likeness (QED) is 0.202. The van der Waals surface area contributed by atoms with E-state index < -0.39 is 0 Å². The lowest BCUT2D eigenvalue weighted by atomic mass is 9.86. The van der Waals surface area contributed by atoms with Crippen molar-refractivity contribution < 1.29 is 9.53 Å². The molecule has 1 aliphatic heterocycles. The number of ether oxygens (including phenoxy) is 1. The molecule has 8 nitrogen and oxygen atoms in total. The molecule has 1 aliphatic rings. The second-order valence-corrected chi connectivity index (χ2v) is 10.1. The highest BCUT2D eigenvalue weighted by Crippen LogP contribution is 2.44. The SMILES string of the molecule is Cc1ccc(NC(=O)Nc2cc(-c3ccccc3-c3nn[nH]n3)cc3c2O[C@@H](C)C/C=C\[C@H]3c2ccccc2)cc1. The Bertz CT molecular complexity index is 1680. The predicted octanol–water partition coefficient (Wildman–Crippen LogP) is 7.35. The summed E-state index contributed by atoms with van der Waals surface area (Å²) in [5.41, 5.74) is 7.09. The van der Waals surface area contributed by atoms with Crippen LogP contribution in [0.15, 0.2) is 103 Å². The molecule has 1 aromatic heterocycles. The minimum absolute atomic E-state index is 0.0834. The summed E-state index contributed by atoms with van der Waals surface area (Å²) in [6.07, 6.45) is 5.06. The number of hydrogen-bond acceptors (Lipinski definition) is 5. The molecule has 0 aliphatic carbocycles. The van der Waals surface area contributed by atoms with Gasteiger partial charge in [-0.15, -0.1) is 10.2 Å². The Morgan fingerprint density at radius 1 is 0.927 bits per heavy atom. The zero-order valence-electron chi connectivity index (χ0n) is 22.8. The molecule has 6 rings (SSSR count). The average molecular weight is 543 g/mol. The molecule has 41 heavy (non-hydrogen) atoms. The largest absolute Gasteiger partial charge is 0.488 e. The molecule has 2 atom stereocenters. The number of nitrogens with zero attached hydrogens (tertiary/aromatic N) is 3. The number of H-pyrrole nitrogens is 1. The lowest BCUT2D eigenvalue weighted by Crippen LogP contribution is -2.22. The lowest BCUT2D eigenvalue weighted by molar-refractivity contribution is 0.222. The van der Waals surface area contributed by atoms with Gasteiger partial charge in [-0.25, -0.2) is 4.79 Å². The number of aromatic nitrogens is 4. The van der Waals surface area contributed by atoms with Crippen molar-refractivity contribution in [3.8, 4) is 28.3 Å². The Labute approximate surface area is 238 Å². The summed E-state index contributed by atoms with van der Waals surface area (Å²) in [6, 6.07) is 29.6. The van der Waals surface area contributed by atoms with Gasteiger partial charge < -0.3 is 15.4 Å². The first-order valence-electron chi connectivity index (χ1n) is 13.6. The van der Waals surface area contributed by atoms with Gasteiger partial charge >= 0.3 is 6.03 Å². The standard InChI is InChI=1S/C33H30N6O2/c1-21-15-17-25(18-16-21)34-33(40)35-30-20-24(27-12-6-7-13-28(27)32-36-38-39-37-32)19-29-26(23-10-4-3-5-11-23)14-8-9-22(2)41-31(29)30/h3-8,10-20,22,26H,9H2,1-2H3,(H2,34,35,40)(H,36,37,38,39)/b14-8-/t22-,26-/m0/s1. The zero-order chi connectivity index (χ0) is 28.2. The molecule has 0 saturated heterocycles. The predicted molar refractivity (Wildman–Crippen MR) is 161 cm³/mol. The number of amides is 2. The first kappa shape index (κ1) is 26.0. The van der Waals surface area contributed by atoms with Crippen LogP contribution in [0.5, 0.6) is 5.75 Å². The molecule has 2 heterocycles. The smallest absolute Gasteiger partial charge is 0.323 e. The molecule has 0 unspecified atom stereocenters. The van der Waals surface area contributed by atoms with E-state index in [0.29, 0.717) is 22.9 Å². The third-order valence-corrected chi connectivity index (χ3v) is 7.11. The highest BCUT2D eigenvalue weighted by atomic mass is 16.5. The Balaban J connectivity index is 1.51. The first-order chi connectivity index (χ1) is 20.0. The number of benzene rings is 4. The fourth-order valence-electron chi connectivity index (χ4n) is 5.10. The monoisotopic (exact) mass is 542 g/mol. The number of allylic oxidation sites excluding steroid dienone is 1. The van der Waals surface area contributed by atoms with Crippen LogP contribution in [0.3, 0.4) is 0 Å². The molecule has 4 aromatic carbocycles. The van der Waals surface area contributed by atoms with Gasteiger partial charge in [0.05, 0.1) is 11.8 Å². The summed E-state index contributed by atoms with van der Waals surface area (Å²) < 4.78 is 6.55. The number of hydrogen-bond donors (Lipinski definition) is 3. The molecule has 0 bridgehead atoms. The van der Waals surface area contributed by atoms with Gasteiger partial charge in [0, 0.05) is 29.2 Å². The summed E-state index contributed by atoms with van der Waals surface area (Å²) in [4.78, 5) is 13.3. The molecule has 0 spiro atoms.